The number of nitrogens with zero attached hydrogens (tertiary/aromatic N) is 1. The van der Waals surface area contributed by atoms with Gasteiger partial charge in [0.25, 0.3) is 0 Å². The number of anilines is 1. The number of rotatable bonds is 4. The van der Waals surface area contributed by atoms with Gasteiger partial charge in [0.05, 0.1) is 16.5 Å². The first-order valence-electron chi connectivity index (χ1n) is 6.43. The second kappa shape index (κ2) is 7.05. The largest absolute Gasteiger partial charge is 0.324 e. The lowest BCUT2D eigenvalue weighted by atomic mass is 10.2. The summed E-state index contributed by atoms with van der Waals surface area (Å²) in [5.41, 5.74) is 0.753. The number of halogens is 2. The van der Waals surface area contributed by atoms with Gasteiger partial charge < -0.3 is 5.32 Å². The molecule has 1 amide bonds. The fraction of sp³-hybridized carbons (Fsp3) is 0.125. The Labute approximate surface area is 131 Å². The van der Waals surface area contributed by atoms with Crippen LogP contribution in [0.15, 0.2) is 47.4 Å². The Morgan fingerprint density at radius 1 is 1.27 bits per heavy atom. The quantitative estimate of drug-likeness (QED) is 0.868. The van der Waals surface area contributed by atoms with E-state index in [0.717, 1.165) is 23.9 Å². The molecule has 0 unspecified atom stereocenters. The summed E-state index contributed by atoms with van der Waals surface area (Å²) in [6.07, 6.45) is 0. The van der Waals surface area contributed by atoms with Crippen molar-refractivity contribution in [3.8, 4) is 6.07 Å². The number of hydrogen-bond donors (Lipinski definition) is 1. The summed E-state index contributed by atoms with van der Waals surface area (Å²) in [5, 5.41) is 11.0. The fourth-order valence-corrected chi connectivity index (χ4v) is 2.60. The molecule has 6 heteroatoms. The maximum absolute atomic E-state index is 13.6. The Bertz CT molecular complexity index is 743. The van der Waals surface area contributed by atoms with E-state index in [4.69, 9.17) is 5.26 Å². The molecule has 0 aliphatic rings. The number of hydrogen-bond acceptors (Lipinski definition) is 3. The molecule has 112 valence electrons. The van der Waals surface area contributed by atoms with Gasteiger partial charge >= 0.3 is 0 Å². The topological polar surface area (TPSA) is 52.9 Å². The molecule has 0 spiro atoms. The summed E-state index contributed by atoms with van der Waals surface area (Å²) in [5.74, 6) is -1.74. The summed E-state index contributed by atoms with van der Waals surface area (Å²) < 4.78 is 26.4. The van der Waals surface area contributed by atoms with Crippen molar-refractivity contribution in [2.24, 2.45) is 0 Å². The van der Waals surface area contributed by atoms with Crippen LogP contribution < -0.4 is 5.32 Å². The Morgan fingerprint density at radius 3 is 2.68 bits per heavy atom. The predicted molar refractivity (Wildman–Crippen MR) is 81.5 cm³/mol. The van der Waals surface area contributed by atoms with E-state index in [2.05, 4.69) is 5.32 Å². The zero-order valence-corrected chi connectivity index (χ0v) is 12.5. The lowest BCUT2D eigenvalue weighted by molar-refractivity contribution is -0.115. The van der Waals surface area contributed by atoms with Gasteiger partial charge in [-0.15, -0.1) is 11.8 Å². The third-order valence-corrected chi connectivity index (χ3v) is 4.02. The smallest absolute Gasteiger partial charge is 0.237 e. The highest BCUT2D eigenvalue weighted by Gasteiger charge is 2.17. The van der Waals surface area contributed by atoms with Gasteiger partial charge in [-0.1, -0.05) is 12.1 Å². The maximum Gasteiger partial charge on any atom is 0.237 e. The van der Waals surface area contributed by atoms with Crippen molar-refractivity contribution in [2.75, 3.05) is 5.32 Å². The zero-order valence-electron chi connectivity index (χ0n) is 11.6. The monoisotopic (exact) mass is 318 g/mol. The van der Waals surface area contributed by atoms with Crippen LogP contribution >= 0.6 is 11.8 Å². The highest BCUT2D eigenvalue weighted by molar-refractivity contribution is 8.00. The maximum atomic E-state index is 13.6. The molecule has 1 atom stereocenters. The first-order valence-corrected chi connectivity index (χ1v) is 7.31. The molecule has 0 saturated carbocycles. The highest BCUT2D eigenvalue weighted by Crippen LogP contribution is 2.27. The molecular weight excluding hydrogens is 306 g/mol. The second-order valence-electron chi connectivity index (χ2n) is 4.48. The Kier molecular flexibility index (Phi) is 5.12. The van der Waals surface area contributed by atoms with Gasteiger partial charge in [0.1, 0.15) is 17.7 Å². The minimum absolute atomic E-state index is 0.192. The predicted octanol–water partition coefficient (Wildman–Crippen LogP) is 3.96. The van der Waals surface area contributed by atoms with Crippen molar-refractivity contribution < 1.29 is 13.6 Å². The molecule has 3 nitrogen and oxygen atoms in total. The molecular formula is C16H12F2N2OS. The minimum Gasteiger partial charge on any atom is -0.324 e. The lowest BCUT2D eigenvalue weighted by Crippen LogP contribution is -2.23. The standard InChI is InChI=1S/C16H12F2N2OS/c1-10(22-15-7-6-12(17)8-13(15)18)16(21)20-14-5-3-2-4-11(14)9-19/h2-8,10H,1H3,(H,20,21)/t10-/m0/s1. The number of benzene rings is 2. The zero-order chi connectivity index (χ0) is 16.1. The average molecular weight is 318 g/mol. The first-order chi connectivity index (χ1) is 10.5. The van der Waals surface area contributed by atoms with Gasteiger partial charge in [0, 0.05) is 11.0 Å². The summed E-state index contributed by atoms with van der Waals surface area (Å²) in [7, 11) is 0. The molecule has 1 N–H and O–H groups in total. The number of carbonyl (C=O) groups excluding carboxylic acids is 1. The second-order valence-corrected chi connectivity index (χ2v) is 5.86. The van der Waals surface area contributed by atoms with Crippen LogP contribution in [0.25, 0.3) is 0 Å². The number of nitrogens with one attached hydrogen (secondary N) is 1. The molecule has 2 aromatic carbocycles. The van der Waals surface area contributed by atoms with Crippen molar-refractivity contribution in [2.45, 2.75) is 17.1 Å². The van der Waals surface area contributed by atoms with Gasteiger partial charge in [-0.2, -0.15) is 5.26 Å². The first kappa shape index (κ1) is 16.0. The van der Waals surface area contributed by atoms with Crippen LogP contribution in [0.5, 0.6) is 0 Å². The van der Waals surface area contributed by atoms with Gasteiger partial charge in [-0.3, -0.25) is 4.79 Å². The average Bonchev–Trinajstić information content (AvgIpc) is 2.50. The van der Waals surface area contributed by atoms with Crippen LogP contribution in [-0.4, -0.2) is 11.2 Å². The lowest BCUT2D eigenvalue weighted by Gasteiger charge is -2.13. The van der Waals surface area contributed by atoms with E-state index in [1.165, 1.54) is 6.07 Å². The number of thioether (sulfide) groups is 1. The van der Waals surface area contributed by atoms with E-state index in [1.807, 2.05) is 6.07 Å². The summed E-state index contributed by atoms with van der Waals surface area (Å²) in [6, 6.07) is 11.8. The number of carbonyl (C=O) groups is 1. The summed E-state index contributed by atoms with van der Waals surface area (Å²) >= 11 is 0.983. The molecule has 0 aliphatic heterocycles. The molecule has 0 radical (unpaired) electrons. The van der Waals surface area contributed by atoms with E-state index < -0.39 is 16.9 Å². The Balaban J connectivity index is 2.08. The van der Waals surface area contributed by atoms with Gasteiger partial charge in [0.2, 0.25) is 5.91 Å². The SMILES string of the molecule is C[C@H](Sc1ccc(F)cc1F)C(=O)Nc1ccccc1C#N. The third-order valence-electron chi connectivity index (χ3n) is 2.87. The van der Waals surface area contributed by atoms with Gasteiger partial charge in [0.15, 0.2) is 0 Å². The van der Waals surface area contributed by atoms with Crippen LogP contribution in [0.3, 0.4) is 0 Å². The van der Waals surface area contributed by atoms with E-state index in [0.29, 0.717) is 11.3 Å². The van der Waals surface area contributed by atoms with Crippen LogP contribution in [0.4, 0.5) is 14.5 Å². The number of para-hydroxylation sites is 1. The molecule has 0 aliphatic carbocycles. The molecule has 0 heterocycles. The van der Waals surface area contributed by atoms with E-state index in [1.54, 1.807) is 31.2 Å². The molecule has 0 fully saturated rings. The van der Waals surface area contributed by atoms with Crippen molar-refractivity contribution in [3.63, 3.8) is 0 Å². The van der Waals surface area contributed by atoms with Crippen molar-refractivity contribution in [3.05, 3.63) is 59.7 Å². The van der Waals surface area contributed by atoms with Crippen LogP contribution in [0, 0.1) is 23.0 Å². The van der Waals surface area contributed by atoms with Crippen LogP contribution in [0.2, 0.25) is 0 Å². The molecule has 0 saturated heterocycles. The van der Waals surface area contributed by atoms with E-state index >= 15 is 0 Å². The molecule has 2 rings (SSSR count). The van der Waals surface area contributed by atoms with Gasteiger partial charge in [-0.05, 0) is 31.2 Å². The fourth-order valence-electron chi connectivity index (χ4n) is 1.74. The van der Waals surface area contributed by atoms with Crippen molar-refractivity contribution >= 4 is 23.4 Å². The Morgan fingerprint density at radius 2 is 2.00 bits per heavy atom. The third kappa shape index (κ3) is 3.83. The molecule has 2 aromatic rings. The summed E-state index contributed by atoms with van der Waals surface area (Å²) in [4.78, 5) is 12.3. The normalized spacial score (nSPS) is 11.5. The summed E-state index contributed by atoms with van der Waals surface area (Å²) in [6.45, 7) is 1.61. The van der Waals surface area contributed by atoms with Crippen molar-refractivity contribution in [1.29, 1.82) is 5.26 Å². The minimum atomic E-state index is -0.706. The van der Waals surface area contributed by atoms with E-state index in [-0.39, 0.29) is 10.8 Å². The van der Waals surface area contributed by atoms with Gasteiger partial charge in [-0.25, -0.2) is 8.78 Å². The van der Waals surface area contributed by atoms with Crippen LogP contribution in [-0.2, 0) is 4.79 Å². The number of nitriles is 1. The number of amides is 1. The molecule has 0 aromatic heterocycles. The molecule has 22 heavy (non-hydrogen) atoms. The van der Waals surface area contributed by atoms with Crippen molar-refractivity contribution in [1.82, 2.24) is 0 Å². The molecule has 0 bridgehead atoms. The Hall–Kier alpha value is -2.39. The highest BCUT2D eigenvalue weighted by atomic mass is 32.2. The van der Waals surface area contributed by atoms with Crippen LogP contribution in [0.1, 0.15) is 12.5 Å². The van der Waals surface area contributed by atoms with E-state index in [9.17, 15) is 13.6 Å².